The molecule has 1 aliphatic rings. The zero-order chi connectivity index (χ0) is 15.9. The van der Waals surface area contributed by atoms with Crippen LogP contribution < -0.4 is 5.32 Å². The van der Waals surface area contributed by atoms with Crippen molar-refractivity contribution in [1.29, 1.82) is 0 Å². The molecule has 0 bridgehead atoms. The molecule has 0 saturated heterocycles. The summed E-state index contributed by atoms with van der Waals surface area (Å²) in [5.74, 6) is -0.0106. The maximum atomic E-state index is 12.1. The molecule has 1 N–H and O–H groups in total. The highest BCUT2D eigenvalue weighted by molar-refractivity contribution is 7.13. The second-order valence-corrected chi connectivity index (χ2v) is 6.89. The van der Waals surface area contributed by atoms with Crippen LogP contribution in [0.5, 0.6) is 0 Å². The topological polar surface area (TPSA) is 38.3 Å². The first kappa shape index (κ1) is 16.2. The van der Waals surface area contributed by atoms with Crippen molar-refractivity contribution in [2.75, 3.05) is 13.2 Å². The summed E-state index contributed by atoms with van der Waals surface area (Å²) >= 11 is 1.71. The highest BCUT2D eigenvalue weighted by Gasteiger charge is 2.14. The monoisotopic (exact) mass is 329 g/mol. The number of ether oxygens (including phenoxy) is 1. The highest BCUT2D eigenvalue weighted by Crippen LogP contribution is 2.24. The largest absolute Gasteiger partial charge is 0.378 e. The van der Waals surface area contributed by atoms with E-state index in [-0.39, 0.29) is 5.91 Å². The maximum Gasteiger partial charge on any atom is 0.251 e. The van der Waals surface area contributed by atoms with Crippen LogP contribution in [0.1, 0.15) is 42.5 Å². The van der Waals surface area contributed by atoms with Crippen LogP contribution in [0.3, 0.4) is 0 Å². The van der Waals surface area contributed by atoms with Crippen molar-refractivity contribution in [2.24, 2.45) is 0 Å². The van der Waals surface area contributed by atoms with Crippen LogP contribution in [0.25, 0.3) is 10.4 Å². The molecule has 3 nitrogen and oxygen atoms in total. The summed E-state index contributed by atoms with van der Waals surface area (Å²) in [5, 5.41) is 5.02. The van der Waals surface area contributed by atoms with Crippen LogP contribution in [-0.2, 0) is 4.74 Å². The summed E-state index contributed by atoms with van der Waals surface area (Å²) in [6.07, 6.45) is 6.31. The molecule has 0 spiro atoms. The van der Waals surface area contributed by atoms with E-state index in [9.17, 15) is 4.79 Å². The van der Waals surface area contributed by atoms with Crippen molar-refractivity contribution in [3.8, 4) is 10.4 Å². The predicted octanol–water partition coefficient (Wildman–Crippen LogP) is 4.49. The van der Waals surface area contributed by atoms with Crippen LogP contribution in [0.4, 0.5) is 0 Å². The van der Waals surface area contributed by atoms with Gasteiger partial charge < -0.3 is 10.1 Å². The standard InChI is InChI=1S/C19H23NO2S/c21-19(20-12-4-13-22-17-5-1-2-6-17)16-10-8-15(9-11-16)18-7-3-14-23-18/h3,7-11,14,17H,1-2,4-6,12-13H2,(H,20,21). The minimum Gasteiger partial charge on any atom is -0.378 e. The summed E-state index contributed by atoms with van der Waals surface area (Å²) in [6, 6.07) is 11.9. The Kier molecular flexibility index (Phi) is 5.83. The van der Waals surface area contributed by atoms with Crippen LogP contribution >= 0.6 is 11.3 Å². The zero-order valence-corrected chi connectivity index (χ0v) is 14.1. The van der Waals surface area contributed by atoms with Gasteiger partial charge in [0.25, 0.3) is 5.91 Å². The molecule has 1 amide bonds. The molecule has 1 aliphatic carbocycles. The first-order valence-electron chi connectivity index (χ1n) is 8.37. The number of rotatable bonds is 7. The van der Waals surface area contributed by atoms with E-state index >= 15 is 0 Å². The van der Waals surface area contributed by atoms with E-state index in [1.54, 1.807) is 11.3 Å². The molecule has 0 unspecified atom stereocenters. The van der Waals surface area contributed by atoms with Crippen molar-refractivity contribution in [3.05, 3.63) is 47.3 Å². The molecule has 1 aromatic carbocycles. The molecule has 2 aromatic rings. The Morgan fingerprint density at radius 2 is 1.96 bits per heavy atom. The van der Waals surface area contributed by atoms with E-state index in [2.05, 4.69) is 16.8 Å². The third-order valence-corrected chi connectivity index (χ3v) is 5.13. The fraction of sp³-hybridized carbons (Fsp3) is 0.421. The molecule has 1 heterocycles. The van der Waals surface area contributed by atoms with Crippen molar-refractivity contribution >= 4 is 17.2 Å². The van der Waals surface area contributed by atoms with E-state index in [4.69, 9.17) is 4.74 Å². The van der Waals surface area contributed by atoms with Gasteiger partial charge in [0.15, 0.2) is 0 Å². The van der Waals surface area contributed by atoms with E-state index in [0.717, 1.165) is 18.6 Å². The van der Waals surface area contributed by atoms with Crippen molar-refractivity contribution in [1.82, 2.24) is 5.32 Å². The van der Waals surface area contributed by atoms with E-state index < -0.39 is 0 Å². The van der Waals surface area contributed by atoms with E-state index in [0.29, 0.717) is 18.2 Å². The Labute approximate surface area is 141 Å². The quantitative estimate of drug-likeness (QED) is 0.760. The smallest absolute Gasteiger partial charge is 0.251 e. The molecule has 0 aliphatic heterocycles. The van der Waals surface area contributed by atoms with Gasteiger partial charge in [0.1, 0.15) is 0 Å². The Morgan fingerprint density at radius 1 is 1.17 bits per heavy atom. The number of amides is 1. The predicted molar refractivity (Wildman–Crippen MR) is 94.9 cm³/mol. The molecule has 4 heteroatoms. The normalized spacial score (nSPS) is 15.0. The van der Waals surface area contributed by atoms with Gasteiger partial charge in [-0.2, -0.15) is 0 Å². The second kappa shape index (κ2) is 8.27. The number of carbonyl (C=O) groups excluding carboxylic acids is 1. The minimum absolute atomic E-state index is 0.0106. The van der Waals surface area contributed by atoms with Gasteiger partial charge in [-0.1, -0.05) is 31.0 Å². The lowest BCUT2D eigenvalue weighted by Crippen LogP contribution is -2.25. The highest BCUT2D eigenvalue weighted by atomic mass is 32.1. The lowest BCUT2D eigenvalue weighted by Gasteiger charge is -2.11. The molecule has 1 saturated carbocycles. The van der Waals surface area contributed by atoms with Crippen LogP contribution in [-0.4, -0.2) is 25.2 Å². The van der Waals surface area contributed by atoms with Crippen LogP contribution in [0.2, 0.25) is 0 Å². The molecule has 23 heavy (non-hydrogen) atoms. The maximum absolute atomic E-state index is 12.1. The number of hydrogen-bond acceptors (Lipinski definition) is 3. The average Bonchev–Trinajstić information content (AvgIpc) is 3.28. The number of nitrogens with one attached hydrogen (secondary N) is 1. The van der Waals surface area contributed by atoms with E-state index in [1.807, 2.05) is 30.3 Å². The zero-order valence-electron chi connectivity index (χ0n) is 13.3. The van der Waals surface area contributed by atoms with Gasteiger partial charge in [0.05, 0.1) is 6.10 Å². The SMILES string of the molecule is O=C(NCCCOC1CCCC1)c1ccc(-c2cccs2)cc1. The van der Waals surface area contributed by atoms with Gasteiger partial charge in [-0.05, 0) is 48.4 Å². The molecular formula is C19H23NO2S. The third-order valence-electron chi connectivity index (χ3n) is 4.22. The summed E-state index contributed by atoms with van der Waals surface area (Å²) in [6.45, 7) is 1.40. The van der Waals surface area contributed by atoms with E-state index in [1.165, 1.54) is 30.6 Å². The fourth-order valence-corrected chi connectivity index (χ4v) is 3.64. The van der Waals surface area contributed by atoms with Gasteiger partial charge in [-0.15, -0.1) is 11.3 Å². The second-order valence-electron chi connectivity index (χ2n) is 5.94. The summed E-state index contributed by atoms with van der Waals surface area (Å²) in [4.78, 5) is 13.3. The number of thiophene rings is 1. The van der Waals surface area contributed by atoms with Gasteiger partial charge in [-0.3, -0.25) is 4.79 Å². The van der Waals surface area contributed by atoms with Gasteiger partial charge in [0, 0.05) is 23.6 Å². The first-order valence-corrected chi connectivity index (χ1v) is 9.24. The molecule has 1 fully saturated rings. The molecular weight excluding hydrogens is 306 g/mol. The lowest BCUT2D eigenvalue weighted by atomic mass is 10.1. The Hall–Kier alpha value is -1.65. The van der Waals surface area contributed by atoms with Gasteiger partial charge in [0.2, 0.25) is 0 Å². The van der Waals surface area contributed by atoms with Crippen molar-refractivity contribution in [3.63, 3.8) is 0 Å². The minimum atomic E-state index is -0.0106. The van der Waals surface area contributed by atoms with Gasteiger partial charge >= 0.3 is 0 Å². The molecule has 122 valence electrons. The third kappa shape index (κ3) is 4.66. The van der Waals surface area contributed by atoms with Gasteiger partial charge in [-0.25, -0.2) is 0 Å². The summed E-state index contributed by atoms with van der Waals surface area (Å²) in [5.41, 5.74) is 1.86. The summed E-state index contributed by atoms with van der Waals surface area (Å²) < 4.78 is 5.80. The Morgan fingerprint density at radius 3 is 2.65 bits per heavy atom. The van der Waals surface area contributed by atoms with Crippen LogP contribution in [0, 0.1) is 0 Å². The Balaban J connectivity index is 1.39. The Bertz CT molecular complexity index is 601. The van der Waals surface area contributed by atoms with Crippen molar-refractivity contribution in [2.45, 2.75) is 38.2 Å². The lowest BCUT2D eigenvalue weighted by molar-refractivity contribution is 0.0565. The first-order chi connectivity index (χ1) is 11.3. The molecule has 1 aromatic heterocycles. The molecule has 0 atom stereocenters. The van der Waals surface area contributed by atoms with Crippen molar-refractivity contribution < 1.29 is 9.53 Å². The molecule has 3 rings (SSSR count). The number of carbonyl (C=O) groups is 1. The number of benzene rings is 1. The van der Waals surface area contributed by atoms with Crippen LogP contribution in [0.15, 0.2) is 41.8 Å². The summed E-state index contributed by atoms with van der Waals surface area (Å²) in [7, 11) is 0. The average molecular weight is 329 g/mol. The number of hydrogen-bond donors (Lipinski definition) is 1. The fourth-order valence-electron chi connectivity index (χ4n) is 2.91. The molecule has 0 radical (unpaired) electrons.